The van der Waals surface area contributed by atoms with Crippen LogP contribution in [0.5, 0.6) is 0 Å². The normalized spacial score (nSPS) is 17.5. The molecular weight excluding hydrogens is 348 g/mol. The Labute approximate surface area is 155 Å². The molecule has 4 rings (SSSR count). The van der Waals surface area contributed by atoms with Crippen molar-refractivity contribution in [3.05, 3.63) is 53.1 Å². The van der Waals surface area contributed by atoms with Gasteiger partial charge < -0.3 is 9.64 Å². The SMILES string of the molecule is Cc1ccc(C)c(S(=O)(=O)N2CCc3ccc(N4CCOCC4)cc32)c1. The van der Waals surface area contributed by atoms with E-state index in [1.165, 1.54) is 0 Å². The number of nitrogens with zero attached hydrogens (tertiary/aromatic N) is 2. The Balaban J connectivity index is 1.73. The van der Waals surface area contributed by atoms with E-state index < -0.39 is 10.0 Å². The second-order valence-corrected chi connectivity index (χ2v) is 8.84. The van der Waals surface area contributed by atoms with E-state index in [2.05, 4.69) is 17.0 Å². The molecule has 2 heterocycles. The van der Waals surface area contributed by atoms with Gasteiger partial charge in [-0.25, -0.2) is 8.42 Å². The Morgan fingerprint density at radius 3 is 2.50 bits per heavy atom. The molecule has 2 aromatic rings. The van der Waals surface area contributed by atoms with Crippen LogP contribution in [0.15, 0.2) is 41.3 Å². The number of aryl methyl sites for hydroxylation is 2. The van der Waals surface area contributed by atoms with E-state index in [-0.39, 0.29) is 0 Å². The summed E-state index contributed by atoms with van der Waals surface area (Å²) in [5, 5.41) is 0. The van der Waals surface area contributed by atoms with Gasteiger partial charge in [-0.15, -0.1) is 0 Å². The van der Waals surface area contributed by atoms with Crippen molar-refractivity contribution in [2.45, 2.75) is 25.2 Å². The summed E-state index contributed by atoms with van der Waals surface area (Å²) in [6, 6.07) is 11.8. The fourth-order valence-corrected chi connectivity index (χ4v) is 5.52. The lowest BCUT2D eigenvalue weighted by Crippen LogP contribution is -2.36. The summed E-state index contributed by atoms with van der Waals surface area (Å²) in [4.78, 5) is 2.66. The van der Waals surface area contributed by atoms with E-state index in [9.17, 15) is 8.42 Å². The quantitative estimate of drug-likeness (QED) is 0.831. The predicted molar refractivity (Wildman–Crippen MR) is 104 cm³/mol. The largest absolute Gasteiger partial charge is 0.378 e. The average molecular weight is 372 g/mol. The van der Waals surface area contributed by atoms with E-state index in [0.717, 1.165) is 47.6 Å². The van der Waals surface area contributed by atoms with Gasteiger partial charge >= 0.3 is 0 Å². The van der Waals surface area contributed by atoms with E-state index >= 15 is 0 Å². The van der Waals surface area contributed by atoms with Crippen LogP contribution in [-0.2, 0) is 21.2 Å². The maximum Gasteiger partial charge on any atom is 0.264 e. The molecule has 2 aromatic carbocycles. The van der Waals surface area contributed by atoms with Gasteiger partial charge in [0.1, 0.15) is 0 Å². The molecule has 138 valence electrons. The number of hydrogen-bond acceptors (Lipinski definition) is 4. The van der Waals surface area contributed by atoms with Gasteiger partial charge in [-0.1, -0.05) is 18.2 Å². The van der Waals surface area contributed by atoms with Crippen molar-refractivity contribution >= 4 is 21.4 Å². The molecule has 2 aliphatic heterocycles. The van der Waals surface area contributed by atoms with Crippen LogP contribution in [0.1, 0.15) is 16.7 Å². The summed E-state index contributed by atoms with van der Waals surface area (Å²) in [5.74, 6) is 0. The van der Waals surface area contributed by atoms with Gasteiger partial charge in [0.05, 0.1) is 23.8 Å². The first-order valence-corrected chi connectivity index (χ1v) is 10.5. The molecule has 0 atom stereocenters. The molecule has 0 aliphatic carbocycles. The van der Waals surface area contributed by atoms with Crippen LogP contribution in [0.4, 0.5) is 11.4 Å². The molecular formula is C20H24N2O3S. The Kier molecular flexibility index (Phi) is 4.40. The van der Waals surface area contributed by atoms with E-state index in [1.807, 2.05) is 32.0 Å². The number of sulfonamides is 1. The highest BCUT2D eigenvalue weighted by Gasteiger charge is 2.32. The van der Waals surface area contributed by atoms with Crippen molar-refractivity contribution in [2.24, 2.45) is 0 Å². The third-order valence-electron chi connectivity index (χ3n) is 5.21. The van der Waals surface area contributed by atoms with Crippen LogP contribution in [0.25, 0.3) is 0 Å². The second-order valence-electron chi connectivity index (χ2n) is 7.01. The summed E-state index contributed by atoms with van der Waals surface area (Å²) in [6.45, 7) is 7.37. The highest BCUT2D eigenvalue weighted by Crippen LogP contribution is 2.36. The van der Waals surface area contributed by atoms with Crippen molar-refractivity contribution in [3.8, 4) is 0 Å². The molecule has 0 unspecified atom stereocenters. The fraction of sp³-hybridized carbons (Fsp3) is 0.400. The van der Waals surface area contributed by atoms with Gasteiger partial charge in [-0.2, -0.15) is 0 Å². The lowest BCUT2D eigenvalue weighted by atomic mass is 10.1. The first-order chi connectivity index (χ1) is 12.5. The van der Waals surface area contributed by atoms with E-state index in [0.29, 0.717) is 24.7 Å². The van der Waals surface area contributed by atoms with Crippen LogP contribution >= 0.6 is 0 Å². The molecule has 1 saturated heterocycles. The fourth-order valence-electron chi connectivity index (χ4n) is 3.71. The molecule has 0 aromatic heterocycles. The number of rotatable bonds is 3. The van der Waals surface area contributed by atoms with Crippen molar-refractivity contribution in [1.82, 2.24) is 0 Å². The highest BCUT2D eigenvalue weighted by atomic mass is 32.2. The predicted octanol–water partition coefficient (Wildman–Crippen LogP) is 2.89. The van der Waals surface area contributed by atoms with Crippen molar-refractivity contribution in [3.63, 3.8) is 0 Å². The second kappa shape index (κ2) is 6.59. The summed E-state index contributed by atoms with van der Waals surface area (Å²) in [5.41, 5.74) is 4.71. The van der Waals surface area contributed by atoms with E-state index in [1.54, 1.807) is 10.4 Å². The zero-order chi connectivity index (χ0) is 18.3. The number of ether oxygens (including phenoxy) is 1. The summed E-state index contributed by atoms with van der Waals surface area (Å²) in [6.07, 6.45) is 0.753. The van der Waals surface area contributed by atoms with Gasteiger partial charge in [-0.3, -0.25) is 4.31 Å². The smallest absolute Gasteiger partial charge is 0.264 e. The Hall–Kier alpha value is -2.05. The first-order valence-electron chi connectivity index (χ1n) is 9.02. The third kappa shape index (κ3) is 2.97. The zero-order valence-electron chi connectivity index (χ0n) is 15.2. The van der Waals surface area contributed by atoms with Gasteiger partial charge in [0, 0.05) is 25.3 Å². The minimum atomic E-state index is -3.56. The minimum absolute atomic E-state index is 0.405. The van der Waals surface area contributed by atoms with Crippen LogP contribution in [-0.4, -0.2) is 41.3 Å². The van der Waals surface area contributed by atoms with Crippen molar-refractivity contribution in [1.29, 1.82) is 0 Å². The van der Waals surface area contributed by atoms with Gasteiger partial charge in [0.15, 0.2) is 0 Å². The zero-order valence-corrected chi connectivity index (χ0v) is 16.1. The van der Waals surface area contributed by atoms with E-state index in [4.69, 9.17) is 4.74 Å². The van der Waals surface area contributed by atoms with Crippen LogP contribution in [0, 0.1) is 13.8 Å². The van der Waals surface area contributed by atoms with Crippen LogP contribution in [0.2, 0.25) is 0 Å². The average Bonchev–Trinajstić information content (AvgIpc) is 3.08. The number of fused-ring (bicyclic) bond motifs is 1. The summed E-state index contributed by atoms with van der Waals surface area (Å²) >= 11 is 0. The Bertz CT molecular complexity index is 934. The summed E-state index contributed by atoms with van der Waals surface area (Å²) in [7, 11) is -3.56. The maximum absolute atomic E-state index is 13.4. The topological polar surface area (TPSA) is 49.9 Å². The molecule has 2 aliphatic rings. The minimum Gasteiger partial charge on any atom is -0.378 e. The Morgan fingerprint density at radius 1 is 0.962 bits per heavy atom. The molecule has 0 spiro atoms. The maximum atomic E-state index is 13.4. The molecule has 6 heteroatoms. The van der Waals surface area contributed by atoms with Gasteiger partial charge in [0.2, 0.25) is 0 Å². The van der Waals surface area contributed by atoms with Crippen molar-refractivity contribution in [2.75, 3.05) is 42.1 Å². The molecule has 5 nitrogen and oxygen atoms in total. The highest BCUT2D eigenvalue weighted by molar-refractivity contribution is 7.93. The van der Waals surface area contributed by atoms with Crippen LogP contribution < -0.4 is 9.21 Å². The lowest BCUT2D eigenvalue weighted by Gasteiger charge is -2.30. The standard InChI is InChI=1S/C20H24N2O3S/c1-15-3-4-16(2)20(13-15)26(23,24)22-8-7-17-5-6-18(14-19(17)22)21-9-11-25-12-10-21/h3-6,13-14H,7-12H2,1-2H3. The number of hydrogen-bond donors (Lipinski definition) is 0. The van der Waals surface area contributed by atoms with Crippen LogP contribution in [0.3, 0.4) is 0 Å². The third-order valence-corrected chi connectivity index (χ3v) is 7.16. The molecule has 1 fully saturated rings. The van der Waals surface area contributed by atoms with Gasteiger partial charge in [-0.05, 0) is 55.2 Å². The number of anilines is 2. The molecule has 0 radical (unpaired) electrons. The monoisotopic (exact) mass is 372 g/mol. The lowest BCUT2D eigenvalue weighted by molar-refractivity contribution is 0.122. The van der Waals surface area contributed by atoms with Gasteiger partial charge in [0.25, 0.3) is 10.0 Å². The van der Waals surface area contributed by atoms with Crippen molar-refractivity contribution < 1.29 is 13.2 Å². The Morgan fingerprint density at radius 2 is 1.73 bits per heavy atom. The molecule has 26 heavy (non-hydrogen) atoms. The number of benzene rings is 2. The summed E-state index contributed by atoms with van der Waals surface area (Å²) < 4.78 is 33.7. The molecule has 0 amide bonds. The number of morpholine rings is 1. The first kappa shape index (κ1) is 17.4. The molecule has 0 bridgehead atoms. The molecule has 0 N–H and O–H groups in total. The molecule has 0 saturated carbocycles.